The van der Waals surface area contributed by atoms with Crippen molar-refractivity contribution in [2.24, 2.45) is 12.8 Å². The highest BCUT2D eigenvalue weighted by Crippen LogP contribution is 2.32. The lowest BCUT2D eigenvalue weighted by atomic mass is 9.98. The number of benzene rings is 1. The number of ether oxygens (including phenoxy) is 2. The van der Waals surface area contributed by atoms with Crippen LogP contribution in [0.5, 0.6) is 5.75 Å². The average Bonchev–Trinajstić information content (AvgIpc) is 2.65. The number of rotatable bonds is 5. The first-order valence-electron chi connectivity index (χ1n) is 8.99. The summed E-state index contributed by atoms with van der Waals surface area (Å²) >= 11 is 0. The lowest BCUT2D eigenvalue weighted by Crippen LogP contribution is -2.38. The van der Waals surface area contributed by atoms with Crippen molar-refractivity contribution in [2.75, 3.05) is 20.2 Å². The molecule has 1 saturated heterocycles. The number of pyridine rings is 1. The lowest BCUT2D eigenvalue weighted by Gasteiger charge is -2.31. The SMILES string of the molecule is COc1cc(=O)n(C)cc1-c1ccccc1CN1CCC(OC(N)=O)CC1. The maximum atomic E-state index is 11.9. The lowest BCUT2D eigenvalue weighted by molar-refractivity contribution is 0.0541. The van der Waals surface area contributed by atoms with Crippen LogP contribution in [-0.2, 0) is 18.3 Å². The van der Waals surface area contributed by atoms with Gasteiger partial charge in [0.15, 0.2) is 0 Å². The number of aryl methyl sites for hydroxylation is 1. The Bertz CT molecular complexity index is 870. The number of aromatic nitrogens is 1. The fourth-order valence-corrected chi connectivity index (χ4v) is 3.50. The van der Waals surface area contributed by atoms with Crippen LogP contribution in [-0.4, -0.2) is 41.9 Å². The fraction of sp³-hybridized carbons (Fsp3) is 0.400. The molecule has 0 unspecified atom stereocenters. The minimum atomic E-state index is -0.708. The molecule has 1 aromatic heterocycles. The van der Waals surface area contributed by atoms with E-state index >= 15 is 0 Å². The van der Waals surface area contributed by atoms with Crippen molar-refractivity contribution >= 4 is 6.09 Å². The second-order valence-electron chi connectivity index (χ2n) is 6.77. The number of hydrogen-bond donors (Lipinski definition) is 1. The highest BCUT2D eigenvalue weighted by molar-refractivity contribution is 5.72. The second kappa shape index (κ2) is 8.26. The largest absolute Gasteiger partial charge is 0.496 e. The number of carbonyl (C=O) groups is 1. The van der Waals surface area contributed by atoms with Gasteiger partial charge in [-0.3, -0.25) is 9.69 Å². The van der Waals surface area contributed by atoms with Gasteiger partial charge in [0.05, 0.1) is 7.11 Å². The minimum Gasteiger partial charge on any atom is -0.496 e. The molecule has 2 aromatic rings. The molecule has 1 aliphatic heterocycles. The number of piperidine rings is 1. The summed E-state index contributed by atoms with van der Waals surface area (Å²) in [5.41, 5.74) is 8.09. The van der Waals surface area contributed by atoms with E-state index in [9.17, 15) is 9.59 Å². The number of amides is 1. The van der Waals surface area contributed by atoms with Gasteiger partial charge in [0.2, 0.25) is 0 Å². The molecule has 0 atom stereocenters. The quantitative estimate of drug-likeness (QED) is 0.870. The van der Waals surface area contributed by atoms with Gasteiger partial charge >= 0.3 is 6.09 Å². The van der Waals surface area contributed by atoms with Crippen molar-refractivity contribution in [1.29, 1.82) is 0 Å². The number of methoxy groups -OCH3 is 1. The molecule has 0 aliphatic carbocycles. The predicted octanol–water partition coefficient (Wildman–Crippen LogP) is 2.12. The standard InChI is InChI=1S/C20H25N3O4/c1-22-13-17(18(26-2)11-19(22)24)16-6-4-3-5-14(16)12-23-9-7-15(8-10-23)27-20(21)25/h3-6,11,13,15H,7-10,12H2,1-2H3,(H2,21,25). The fourth-order valence-electron chi connectivity index (χ4n) is 3.50. The zero-order chi connectivity index (χ0) is 19.4. The second-order valence-corrected chi connectivity index (χ2v) is 6.77. The summed E-state index contributed by atoms with van der Waals surface area (Å²) in [6, 6.07) is 9.64. The molecule has 0 bridgehead atoms. The highest BCUT2D eigenvalue weighted by atomic mass is 16.6. The van der Waals surface area contributed by atoms with Gasteiger partial charge in [-0.15, -0.1) is 0 Å². The van der Waals surface area contributed by atoms with Crippen LogP contribution < -0.4 is 16.0 Å². The zero-order valence-electron chi connectivity index (χ0n) is 15.7. The summed E-state index contributed by atoms with van der Waals surface area (Å²) in [4.78, 5) is 25.2. The Morgan fingerprint density at radius 1 is 1.22 bits per heavy atom. The number of likely N-dealkylation sites (tertiary alicyclic amines) is 1. The molecule has 144 valence electrons. The first-order valence-corrected chi connectivity index (χ1v) is 8.99. The molecule has 27 heavy (non-hydrogen) atoms. The summed E-state index contributed by atoms with van der Waals surface area (Å²) in [5, 5.41) is 0. The molecule has 1 aliphatic rings. The molecule has 0 saturated carbocycles. The first-order chi connectivity index (χ1) is 13.0. The molecule has 1 fully saturated rings. The average molecular weight is 371 g/mol. The molecule has 0 spiro atoms. The third-order valence-corrected chi connectivity index (χ3v) is 4.93. The monoisotopic (exact) mass is 371 g/mol. The van der Waals surface area contributed by atoms with Crippen LogP contribution in [0.2, 0.25) is 0 Å². The van der Waals surface area contributed by atoms with E-state index in [1.165, 1.54) is 6.07 Å². The molecule has 0 radical (unpaired) electrons. The number of hydrogen-bond acceptors (Lipinski definition) is 5. The van der Waals surface area contributed by atoms with Crippen molar-refractivity contribution in [1.82, 2.24) is 9.47 Å². The van der Waals surface area contributed by atoms with Gasteiger partial charge in [-0.2, -0.15) is 0 Å². The van der Waals surface area contributed by atoms with Crippen molar-refractivity contribution in [3.05, 3.63) is 52.4 Å². The molecule has 7 heteroatoms. The van der Waals surface area contributed by atoms with Crippen LogP contribution in [0.4, 0.5) is 4.79 Å². The molecule has 2 heterocycles. The van der Waals surface area contributed by atoms with E-state index in [0.717, 1.165) is 49.2 Å². The third-order valence-electron chi connectivity index (χ3n) is 4.93. The zero-order valence-corrected chi connectivity index (χ0v) is 15.7. The summed E-state index contributed by atoms with van der Waals surface area (Å²) in [6.45, 7) is 2.43. The number of primary amides is 1. The van der Waals surface area contributed by atoms with Crippen LogP contribution in [0.25, 0.3) is 11.1 Å². The Balaban J connectivity index is 1.81. The van der Waals surface area contributed by atoms with E-state index in [0.29, 0.717) is 5.75 Å². The van der Waals surface area contributed by atoms with Crippen molar-refractivity contribution in [2.45, 2.75) is 25.5 Å². The Labute approximate surface area is 158 Å². The summed E-state index contributed by atoms with van der Waals surface area (Å²) in [5.74, 6) is 0.569. The van der Waals surface area contributed by atoms with Crippen LogP contribution in [0.1, 0.15) is 18.4 Å². The minimum absolute atomic E-state index is 0.0993. The van der Waals surface area contributed by atoms with Gasteiger partial charge in [0.1, 0.15) is 11.9 Å². The molecule has 1 aromatic carbocycles. The first kappa shape index (κ1) is 19.0. The normalized spacial score (nSPS) is 15.5. The molecule has 2 N–H and O–H groups in total. The number of carbonyl (C=O) groups excluding carboxylic acids is 1. The van der Waals surface area contributed by atoms with Crippen molar-refractivity contribution < 1.29 is 14.3 Å². The van der Waals surface area contributed by atoms with Gasteiger partial charge < -0.3 is 19.8 Å². The van der Waals surface area contributed by atoms with E-state index in [1.807, 2.05) is 24.4 Å². The van der Waals surface area contributed by atoms with Crippen LogP contribution in [0, 0.1) is 0 Å². The van der Waals surface area contributed by atoms with E-state index in [-0.39, 0.29) is 11.7 Å². The Morgan fingerprint density at radius 3 is 2.59 bits per heavy atom. The van der Waals surface area contributed by atoms with Gasteiger partial charge in [-0.25, -0.2) is 4.79 Å². The van der Waals surface area contributed by atoms with E-state index in [4.69, 9.17) is 15.2 Å². The predicted molar refractivity (Wildman–Crippen MR) is 103 cm³/mol. The molecule has 1 amide bonds. The van der Waals surface area contributed by atoms with Crippen molar-refractivity contribution in [3.8, 4) is 16.9 Å². The Morgan fingerprint density at radius 2 is 1.93 bits per heavy atom. The number of nitrogens with zero attached hydrogens (tertiary/aromatic N) is 2. The van der Waals surface area contributed by atoms with Crippen LogP contribution in [0.3, 0.4) is 0 Å². The topological polar surface area (TPSA) is 86.8 Å². The van der Waals surface area contributed by atoms with Gasteiger partial charge in [0, 0.05) is 44.5 Å². The van der Waals surface area contributed by atoms with Crippen molar-refractivity contribution in [3.63, 3.8) is 0 Å². The maximum Gasteiger partial charge on any atom is 0.404 e. The van der Waals surface area contributed by atoms with E-state index in [1.54, 1.807) is 18.7 Å². The van der Waals surface area contributed by atoms with Gasteiger partial charge in [0.25, 0.3) is 5.56 Å². The number of nitrogens with two attached hydrogens (primary N) is 1. The molecular weight excluding hydrogens is 346 g/mol. The van der Waals surface area contributed by atoms with Crippen LogP contribution >= 0.6 is 0 Å². The van der Waals surface area contributed by atoms with Gasteiger partial charge in [-0.1, -0.05) is 24.3 Å². The van der Waals surface area contributed by atoms with E-state index < -0.39 is 6.09 Å². The summed E-state index contributed by atoms with van der Waals surface area (Å²) in [7, 11) is 3.31. The van der Waals surface area contributed by atoms with E-state index in [2.05, 4.69) is 11.0 Å². The Kier molecular flexibility index (Phi) is 5.81. The molecule has 3 rings (SSSR count). The van der Waals surface area contributed by atoms with Crippen LogP contribution in [0.15, 0.2) is 41.3 Å². The Hall–Kier alpha value is -2.80. The summed E-state index contributed by atoms with van der Waals surface area (Å²) < 4.78 is 12.1. The third kappa shape index (κ3) is 4.49. The van der Waals surface area contributed by atoms with Gasteiger partial charge in [-0.05, 0) is 24.0 Å². The smallest absolute Gasteiger partial charge is 0.404 e. The molecule has 7 nitrogen and oxygen atoms in total. The highest BCUT2D eigenvalue weighted by Gasteiger charge is 2.22. The summed E-state index contributed by atoms with van der Waals surface area (Å²) in [6.07, 6.45) is 2.55. The molecular formula is C20H25N3O4. The maximum absolute atomic E-state index is 11.9.